The van der Waals surface area contributed by atoms with Crippen molar-refractivity contribution < 1.29 is 4.79 Å². The van der Waals surface area contributed by atoms with Gasteiger partial charge in [0, 0.05) is 0 Å². The summed E-state index contributed by atoms with van der Waals surface area (Å²) in [6.07, 6.45) is 7.06. The molecule has 0 saturated heterocycles. The van der Waals surface area contributed by atoms with E-state index < -0.39 is 0 Å². The first-order valence-electron chi connectivity index (χ1n) is 3.68. The summed E-state index contributed by atoms with van der Waals surface area (Å²) < 4.78 is 0. The van der Waals surface area contributed by atoms with Gasteiger partial charge in [-0.25, -0.2) is 0 Å². The first kappa shape index (κ1) is 9.99. The van der Waals surface area contributed by atoms with Gasteiger partial charge in [0.1, 0.15) is 0 Å². The predicted molar refractivity (Wildman–Crippen MR) is 44.7 cm³/mol. The van der Waals surface area contributed by atoms with Crippen LogP contribution in [0.2, 0.25) is 0 Å². The van der Waals surface area contributed by atoms with E-state index in [0.717, 1.165) is 12.8 Å². The van der Waals surface area contributed by atoms with Crippen molar-refractivity contribution in [2.45, 2.75) is 25.8 Å². The molecule has 0 fully saturated rings. The zero-order valence-electron chi connectivity index (χ0n) is 6.76. The first-order valence-corrected chi connectivity index (χ1v) is 3.68. The van der Waals surface area contributed by atoms with E-state index in [9.17, 15) is 4.79 Å². The Labute approximate surface area is 67.3 Å². The molecule has 0 aliphatic heterocycles. The third kappa shape index (κ3) is 5.43. The van der Waals surface area contributed by atoms with Crippen molar-refractivity contribution in [3.8, 4) is 12.3 Å². The molecule has 0 saturated carbocycles. The number of carbonyl (C=O) groups excluding carboxylic acids is 1. The fourth-order valence-electron chi connectivity index (χ4n) is 0.757. The fraction of sp³-hybridized carbons (Fsp3) is 0.625. The second-order valence-electron chi connectivity index (χ2n) is 2.36. The lowest BCUT2D eigenvalue weighted by Crippen LogP contribution is -2.35. The minimum absolute atomic E-state index is 0.0208. The van der Waals surface area contributed by atoms with E-state index in [4.69, 9.17) is 12.2 Å². The summed E-state index contributed by atoms with van der Waals surface area (Å²) >= 11 is 0. The molecule has 0 aliphatic rings. The highest BCUT2D eigenvalue weighted by molar-refractivity contribution is 5.75. The summed E-state index contributed by atoms with van der Waals surface area (Å²) in [7, 11) is 0. The lowest BCUT2D eigenvalue weighted by Gasteiger charge is -2.08. The van der Waals surface area contributed by atoms with E-state index in [1.165, 1.54) is 0 Å². The van der Waals surface area contributed by atoms with Gasteiger partial charge in [0.2, 0.25) is 5.91 Å². The lowest BCUT2D eigenvalue weighted by atomic mass is 10.2. The maximum atomic E-state index is 10.3. The Balaban J connectivity index is 3.54. The summed E-state index contributed by atoms with van der Waals surface area (Å²) in [4.78, 5) is 10.3. The molecule has 3 heteroatoms. The number of carbonyl (C=O) groups is 1. The lowest BCUT2D eigenvalue weighted by molar-refractivity contribution is -0.117. The van der Waals surface area contributed by atoms with E-state index in [0.29, 0.717) is 0 Å². The zero-order valence-corrected chi connectivity index (χ0v) is 6.76. The van der Waals surface area contributed by atoms with Crippen LogP contribution in [0, 0.1) is 12.3 Å². The molecule has 0 aromatic carbocycles. The fourth-order valence-corrected chi connectivity index (χ4v) is 0.757. The molecular weight excluding hydrogens is 140 g/mol. The van der Waals surface area contributed by atoms with Crippen LogP contribution in [0.3, 0.4) is 0 Å². The Kier molecular flexibility index (Phi) is 5.22. The van der Waals surface area contributed by atoms with Gasteiger partial charge < -0.3 is 5.73 Å². The highest BCUT2D eigenvalue weighted by Gasteiger charge is 2.02. The molecule has 0 aromatic heterocycles. The van der Waals surface area contributed by atoms with Crippen molar-refractivity contribution in [1.82, 2.24) is 5.32 Å². The highest BCUT2D eigenvalue weighted by Crippen LogP contribution is 1.93. The van der Waals surface area contributed by atoms with Crippen molar-refractivity contribution in [3.05, 3.63) is 0 Å². The third-order valence-corrected chi connectivity index (χ3v) is 1.30. The van der Waals surface area contributed by atoms with Gasteiger partial charge in [0.15, 0.2) is 0 Å². The number of primary amides is 1. The zero-order chi connectivity index (χ0) is 8.69. The normalized spacial score (nSPS) is 12.0. The van der Waals surface area contributed by atoms with E-state index in [1.807, 2.05) is 6.92 Å². The number of rotatable bonds is 5. The molecule has 11 heavy (non-hydrogen) atoms. The molecule has 0 spiro atoms. The van der Waals surface area contributed by atoms with Crippen LogP contribution < -0.4 is 11.1 Å². The number of amides is 1. The molecule has 1 unspecified atom stereocenters. The maximum Gasteiger partial charge on any atom is 0.231 e. The summed E-state index contributed by atoms with van der Waals surface area (Å²) in [5.74, 6) is 2.17. The van der Waals surface area contributed by atoms with Crippen LogP contribution in [-0.2, 0) is 4.79 Å². The van der Waals surface area contributed by atoms with Crippen LogP contribution in [0.4, 0.5) is 0 Å². The number of hydrogen-bond donors (Lipinski definition) is 2. The molecule has 0 rings (SSSR count). The molecule has 0 aromatic rings. The monoisotopic (exact) mass is 154 g/mol. The maximum absolute atomic E-state index is 10.3. The van der Waals surface area contributed by atoms with E-state index >= 15 is 0 Å². The Morgan fingerprint density at radius 2 is 2.45 bits per heavy atom. The first-order chi connectivity index (χ1) is 5.20. The smallest absolute Gasteiger partial charge is 0.231 e. The Morgan fingerprint density at radius 3 is 2.82 bits per heavy atom. The van der Waals surface area contributed by atoms with E-state index in [-0.39, 0.29) is 18.5 Å². The van der Waals surface area contributed by atoms with Gasteiger partial charge in [0.25, 0.3) is 0 Å². The predicted octanol–water partition coefficient (Wildman–Crippen LogP) is -0.137. The highest BCUT2D eigenvalue weighted by atomic mass is 16.1. The number of hydrogen-bond acceptors (Lipinski definition) is 2. The van der Waals surface area contributed by atoms with E-state index in [1.54, 1.807) is 0 Å². The van der Waals surface area contributed by atoms with Crippen molar-refractivity contribution in [1.29, 1.82) is 0 Å². The van der Waals surface area contributed by atoms with Crippen molar-refractivity contribution in [2.24, 2.45) is 5.73 Å². The number of nitrogens with two attached hydrogens (primary N) is 1. The molecule has 0 bridgehead atoms. The van der Waals surface area contributed by atoms with Gasteiger partial charge in [-0.1, -0.05) is 19.3 Å². The SMILES string of the molecule is C#CC(CCC)NCC(N)=O. The average Bonchev–Trinajstić information content (AvgIpc) is 1.97. The molecule has 1 atom stereocenters. The van der Waals surface area contributed by atoms with Crippen LogP contribution in [0.25, 0.3) is 0 Å². The van der Waals surface area contributed by atoms with E-state index in [2.05, 4.69) is 11.2 Å². The van der Waals surface area contributed by atoms with Crippen LogP contribution in [0.5, 0.6) is 0 Å². The van der Waals surface area contributed by atoms with Gasteiger partial charge in [0.05, 0.1) is 12.6 Å². The van der Waals surface area contributed by atoms with Crippen molar-refractivity contribution in [2.75, 3.05) is 6.54 Å². The van der Waals surface area contributed by atoms with Crippen LogP contribution >= 0.6 is 0 Å². The molecule has 0 aliphatic carbocycles. The van der Waals surface area contributed by atoms with Crippen LogP contribution in [0.1, 0.15) is 19.8 Å². The Morgan fingerprint density at radius 1 is 1.82 bits per heavy atom. The summed E-state index contributed by atoms with van der Waals surface area (Å²) in [6.45, 7) is 2.20. The van der Waals surface area contributed by atoms with Gasteiger partial charge in [-0.3, -0.25) is 10.1 Å². The third-order valence-electron chi connectivity index (χ3n) is 1.30. The molecule has 1 amide bonds. The molecule has 3 N–H and O–H groups in total. The standard InChI is InChI=1S/C8H14N2O/c1-3-5-7(4-2)10-6-8(9)11/h2,7,10H,3,5-6H2,1H3,(H2,9,11). The molecule has 3 nitrogen and oxygen atoms in total. The van der Waals surface area contributed by atoms with Crippen molar-refractivity contribution >= 4 is 5.91 Å². The summed E-state index contributed by atoms with van der Waals surface area (Å²) in [6, 6.07) is -0.0208. The van der Waals surface area contributed by atoms with Crippen LogP contribution in [0.15, 0.2) is 0 Å². The molecule has 0 radical (unpaired) electrons. The van der Waals surface area contributed by atoms with Gasteiger partial charge >= 0.3 is 0 Å². The quantitative estimate of drug-likeness (QED) is 0.542. The number of nitrogens with one attached hydrogen (secondary N) is 1. The molecular formula is C8H14N2O. The van der Waals surface area contributed by atoms with Gasteiger partial charge in [-0.05, 0) is 6.42 Å². The minimum atomic E-state index is -0.374. The molecule has 0 heterocycles. The molecule has 62 valence electrons. The Bertz CT molecular complexity index is 160. The summed E-state index contributed by atoms with van der Waals surface area (Å²) in [5.41, 5.74) is 4.92. The second-order valence-corrected chi connectivity index (χ2v) is 2.36. The Hall–Kier alpha value is -1.01. The average molecular weight is 154 g/mol. The van der Waals surface area contributed by atoms with Gasteiger partial charge in [-0.15, -0.1) is 6.42 Å². The van der Waals surface area contributed by atoms with Gasteiger partial charge in [-0.2, -0.15) is 0 Å². The topological polar surface area (TPSA) is 55.1 Å². The largest absolute Gasteiger partial charge is 0.369 e. The minimum Gasteiger partial charge on any atom is -0.369 e. The van der Waals surface area contributed by atoms with Crippen molar-refractivity contribution in [3.63, 3.8) is 0 Å². The number of terminal acetylenes is 1. The van der Waals surface area contributed by atoms with Crippen LogP contribution in [-0.4, -0.2) is 18.5 Å². The second kappa shape index (κ2) is 5.75. The summed E-state index contributed by atoms with van der Waals surface area (Å²) in [5, 5.41) is 2.86.